The van der Waals surface area contributed by atoms with Crippen molar-refractivity contribution < 1.29 is 28.6 Å². The van der Waals surface area contributed by atoms with Gasteiger partial charge in [0.25, 0.3) is 0 Å². The van der Waals surface area contributed by atoms with E-state index in [-0.39, 0.29) is 30.7 Å². The molecule has 0 rings (SSSR count). The molecule has 7 heteroatoms. The lowest BCUT2D eigenvalue weighted by molar-refractivity contribution is -0.143. The van der Waals surface area contributed by atoms with Gasteiger partial charge in [0.15, 0.2) is 11.7 Å². The summed E-state index contributed by atoms with van der Waals surface area (Å²) >= 11 is 0. The smallest absolute Gasteiger partial charge is 0.410 e. The maximum Gasteiger partial charge on any atom is 0.410 e. The molecule has 1 unspecified atom stereocenters. The summed E-state index contributed by atoms with van der Waals surface area (Å²) in [6, 6.07) is -0.243. The van der Waals surface area contributed by atoms with Crippen LogP contribution in [0.2, 0.25) is 0 Å². The second-order valence-electron chi connectivity index (χ2n) is 6.61. The quantitative estimate of drug-likeness (QED) is 0.339. The van der Waals surface area contributed by atoms with Crippen LogP contribution in [0.15, 0.2) is 5.76 Å². The van der Waals surface area contributed by atoms with E-state index in [4.69, 9.17) is 14.2 Å². The zero-order chi connectivity index (χ0) is 19.5. The van der Waals surface area contributed by atoms with Crippen LogP contribution in [-0.4, -0.2) is 54.3 Å². The molecule has 0 radical (unpaired) electrons. The summed E-state index contributed by atoms with van der Waals surface area (Å²) in [6.45, 7) is 11.3. The van der Waals surface area contributed by atoms with Gasteiger partial charge in [-0.25, -0.2) is 9.59 Å². The Balaban J connectivity index is 4.94. The first-order valence-electron chi connectivity index (χ1n) is 8.66. The monoisotopic (exact) mass is 357 g/mol. The molecular weight excluding hydrogens is 326 g/mol. The second-order valence-corrected chi connectivity index (χ2v) is 6.61. The van der Waals surface area contributed by atoms with Gasteiger partial charge in [0, 0.05) is 12.5 Å². The van der Waals surface area contributed by atoms with Gasteiger partial charge in [0.05, 0.1) is 19.8 Å². The van der Waals surface area contributed by atoms with Gasteiger partial charge in [0.1, 0.15) is 5.60 Å². The van der Waals surface area contributed by atoms with Crippen molar-refractivity contribution in [2.45, 2.75) is 72.4 Å². The third-order valence-electron chi connectivity index (χ3n) is 3.21. The topological polar surface area (TPSA) is 82.1 Å². The van der Waals surface area contributed by atoms with Crippen molar-refractivity contribution in [3.8, 4) is 0 Å². The molecule has 1 amide bonds. The normalized spacial score (nSPS) is 11.9. The fourth-order valence-electron chi connectivity index (χ4n) is 2.09. The standard InChI is InChI=1S/C18H31NO6/c1-7-23-15(13-20)12-19(17(22)25-18(4,5)6)14(3)10-9-11-16(21)24-8-2/h14H,7-12H2,1-6H3. The summed E-state index contributed by atoms with van der Waals surface area (Å²) < 4.78 is 15.5. The largest absolute Gasteiger partial charge is 0.485 e. The van der Waals surface area contributed by atoms with E-state index in [1.54, 1.807) is 40.6 Å². The van der Waals surface area contributed by atoms with Crippen LogP contribution in [0.1, 0.15) is 60.8 Å². The first-order chi connectivity index (χ1) is 11.6. The van der Waals surface area contributed by atoms with Gasteiger partial charge in [-0.05, 0) is 54.4 Å². The fraction of sp³-hybridized carbons (Fsp3) is 0.778. The summed E-state index contributed by atoms with van der Waals surface area (Å²) in [5.74, 6) is 1.50. The van der Waals surface area contributed by atoms with E-state index in [1.165, 1.54) is 4.90 Å². The highest BCUT2D eigenvalue weighted by atomic mass is 16.6. The third-order valence-corrected chi connectivity index (χ3v) is 3.21. The molecule has 7 nitrogen and oxygen atoms in total. The Kier molecular flexibility index (Phi) is 10.6. The Bertz CT molecular complexity index is 476. The van der Waals surface area contributed by atoms with Crippen molar-refractivity contribution in [2.24, 2.45) is 0 Å². The van der Waals surface area contributed by atoms with Gasteiger partial charge in [-0.3, -0.25) is 9.69 Å². The summed E-state index contributed by atoms with van der Waals surface area (Å²) in [5, 5.41) is 0. The molecule has 0 saturated heterocycles. The fourth-order valence-corrected chi connectivity index (χ4v) is 2.09. The molecule has 0 fully saturated rings. The van der Waals surface area contributed by atoms with Crippen molar-refractivity contribution in [2.75, 3.05) is 19.8 Å². The van der Waals surface area contributed by atoms with Crippen LogP contribution >= 0.6 is 0 Å². The molecule has 0 aliphatic heterocycles. The average molecular weight is 357 g/mol. The minimum atomic E-state index is -0.656. The Morgan fingerprint density at radius 1 is 1.12 bits per heavy atom. The summed E-state index contributed by atoms with van der Waals surface area (Å²) in [6.07, 6.45) is 0.871. The van der Waals surface area contributed by atoms with E-state index in [9.17, 15) is 14.4 Å². The number of amides is 1. The lowest BCUT2D eigenvalue weighted by atomic mass is 10.1. The van der Waals surface area contributed by atoms with Crippen molar-refractivity contribution >= 4 is 18.0 Å². The van der Waals surface area contributed by atoms with E-state index >= 15 is 0 Å². The molecule has 0 heterocycles. The van der Waals surface area contributed by atoms with Crippen LogP contribution in [0.4, 0.5) is 4.79 Å². The van der Waals surface area contributed by atoms with Gasteiger partial charge in [-0.2, -0.15) is 0 Å². The van der Waals surface area contributed by atoms with Crippen molar-refractivity contribution in [1.82, 2.24) is 4.90 Å². The Labute approximate surface area is 150 Å². The van der Waals surface area contributed by atoms with Gasteiger partial charge < -0.3 is 14.2 Å². The maximum atomic E-state index is 12.5. The van der Waals surface area contributed by atoms with Crippen molar-refractivity contribution in [1.29, 1.82) is 0 Å². The number of hydrogen-bond donors (Lipinski definition) is 0. The predicted octanol–water partition coefficient (Wildman–Crippen LogP) is 3.10. The molecule has 0 aromatic rings. The number of esters is 1. The van der Waals surface area contributed by atoms with Crippen LogP contribution in [-0.2, 0) is 23.8 Å². The van der Waals surface area contributed by atoms with Gasteiger partial charge in [-0.15, -0.1) is 0 Å². The van der Waals surface area contributed by atoms with E-state index < -0.39 is 11.7 Å². The molecule has 144 valence electrons. The van der Waals surface area contributed by atoms with Crippen LogP contribution in [0, 0.1) is 0 Å². The molecule has 0 N–H and O–H groups in total. The number of nitrogens with zero attached hydrogens (tertiary/aromatic N) is 1. The number of rotatable bonds is 10. The van der Waals surface area contributed by atoms with Crippen LogP contribution in [0.5, 0.6) is 0 Å². The molecule has 0 aliphatic carbocycles. The highest BCUT2D eigenvalue weighted by Gasteiger charge is 2.27. The lowest BCUT2D eigenvalue weighted by Crippen LogP contribution is -2.43. The molecule has 0 saturated carbocycles. The van der Waals surface area contributed by atoms with Crippen LogP contribution in [0.3, 0.4) is 0 Å². The maximum absolute atomic E-state index is 12.5. The van der Waals surface area contributed by atoms with E-state index in [0.29, 0.717) is 26.1 Å². The number of hydrogen-bond acceptors (Lipinski definition) is 6. The first kappa shape index (κ1) is 23.0. The Hall–Kier alpha value is -2.01. The van der Waals surface area contributed by atoms with Crippen LogP contribution in [0.25, 0.3) is 0 Å². The molecule has 0 aliphatic rings. The summed E-state index contributed by atoms with van der Waals surface area (Å²) in [5.41, 5.74) is -0.656. The predicted molar refractivity (Wildman–Crippen MR) is 93.7 cm³/mol. The van der Waals surface area contributed by atoms with E-state index in [0.717, 1.165) is 0 Å². The third kappa shape index (κ3) is 10.5. The van der Waals surface area contributed by atoms with Gasteiger partial charge in [0.2, 0.25) is 0 Å². The van der Waals surface area contributed by atoms with Gasteiger partial charge >= 0.3 is 12.1 Å². The molecular formula is C18H31NO6. The molecule has 0 bridgehead atoms. The zero-order valence-corrected chi connectivity index (χ0v) is 16.2. The molecule has 25 heavy (non-hydrogen) atoms. The number of carbonyl (C=O) groups excluding carboxylic acids is 3. The minimum Gasteiger partial charge on any atom is -0.485 e. The molecule has 0 spiro atoms. The second kappa shape index (κ2) is 11.5. The van der Waals surface area contributed by atoms with Gasteiger partial charge in [-0.1, -0.05) is 0 Å². The molecule has 1 atom stereocenters. The molecule has 0 aromatic heterocycles. The first-order valence-corrected chi connectivity index (χ1v) is 8.66. The van der Waals surface area contributed by atoms with Crippen LogP contribution < -0.4 is 0 Å². The zero-order valence-electron chi connectivity index (χ0n) is 16.2. The minimum absolute atomic E-state index is 0.0210. The SMILES string of the molecule is CCOC(=O)CCCC(C)N(CC(=C=O)OCC)C(=O)OC(C)(C)C. The number of ether oxygens (including phenoxy) is 3. The van der Waals surface area contributed by atoms with E-state index in [1.807, 2.05) is 6.92 Å². The van der Waals surface area contributed by atoms with E-state index in [2.05, 4.69) is 0 Å². The lowest BCUT2D eigenvalue weighted by Gasteiger charge is -2.31. The highest BCUT2D eigenvalue weighted by Crippen LogP contribution is 2.16. The molecule has 0 aromatic carbocycles. The average Bonchev–Trinajstić information content (AvgIpc) is 2.49. The Morgan fingerprint density at radius 2 is 1.72 bits per heavy atom. The highest BCUT2D eigenvalue weighted by molar-refractivity contribution is 5.70. The Morgan fingerprint density at radius 3 is 2.20 bits per heavy atom. The van der Waals surface area contributed by atoms with Crippen molar-refractivity contribution in [3.63, 3.8) is 0 Å². The summed E-state index contributed by atoms with van der Waals surface area (Å²) in [4.78, 5) is 36.3. The summed E-state index contributed by atoms with van der Waals surface area (Å²) in [7, 11) is 0. The van der Waals surface area contributed by atoms with Crippen molar-refractivity contribution in [3.05, 3.63) is 5.76 Å². The number of carbonyl (C=O) groups is 2.